The zero-order valence-electron chi connectivity index (χ0n) is 13.4. The van der Waals surface area contributed by atoms with Crippen molar-refractivity contribution in [3.8, 4) is 5.75 Å². The number of nitro groups is 1. The highest BCUT2D eigenvalue weighted by atomic mass is 16.6. The van der Waals surface area contributed by atoms with Crippen molar-refractivity contribution in [2.45, 2.75) is 40.7 Å². The first-order valence-electron chi connectivity index (χ1n) is 7.51. The standard InChI is InChI=1S/C16H26N2O3/c1-12(2)7-8-21-16-6-5-15(18(19)20)9-14(16)11-17-10-13(3)4/h5-6,9,12-13,17H,7-8,10-11H2,1-4H3. The third kappa shape index (κ3) is 6.58. The minimum Gasteiger partial charge on any atom is -0.493 e. The number of non-ortho nitro benzene ring substituents is 1. The van der Waals surface area contributed by atoms with Crippen LogP contribution in [0.5, 0.6) is 5.75 Å². The van der Waals surface area contributed by atoms with Gasteiger partial charge in [0.25, 0.3) is 5.69 Å². The zero-order chi connectivity index (χ0) is 15.8. The van der Waals surface area contributed by atoms with E-state index in [1.807, 2.05) is 0 Å². The second kappa shape index (κ2) is 8.62. The Labute approximate surface area is 126 Å². The lowest BCUT2D eigenvalue weighted by Gasteiger charge is -2.14. The highest BCUT2D eigenvalue weighted by Crippen LogP contribution is 2.24. The molecule has 5 nitrogen and oxygen atoms in total. The molecular formula is C16H26N2O3. The summed E-state index contributed by atoms with van der Waals surface area (Å²) in [5, 5.41) is 14.2. The van der Waals surface area contributed by atoms with Crippen molar-refractivity contribution in [3.63, 3.8) is 0 Å². The maximum Gasteiger partial charge on any atom is 0.270 e. The third-order valence-corrected chi connectivity index (χ3v) is 3.08. The molecule has 0 aliphatic rings. The van der Waals surface area contributed by atoms with Crippen LogP contribution in [0.3, 0.4) is 0 Å². The minimum absolute atomic E-state index is 0.104. The number of nitrogens with zero attached hydrogens (tertiary/aromatic N) is 1. The van der Waals surface area contributed by atoms with Gasteiger partial charge >= 0.3 is 0 Å². The van der Waals surface area contributed by atoms with Crippen LogP contribution in [0.2, 0.25) is 0 Å². The van der Waals surface area contributed by atoms with Gasteiger partial charge in [0.05, 0.1) is 11.5 Å². The first kappa shape index (κ1) is 17.4. The minimum atomic E-state index is -0.371. The van der Waals surface area contributed by atoms with Crippen molar-refractivity contribution in [3.05, 3.63) is 33.9 Å². The van der Waals surface area contributed by atoms with Gasteiger partial charge < -0.3 is 10.1 Å². The molecule has 0 fully saturated rings. The van der Waals surface area contributed by atoms with E-state index in [9.17, 15) is 10.1 Å². The largest absolute Gasteiger partial charge is 0.493 e. The van der Waals surface area contributed by atoms with Gasteiger partial charge in [0.15, 0.2) is 0 Å². The SMILES string of the molecule is CC(C)CCOc1ccc([N+](=O)[O-])cc1CNCC(C)C. The zero-order valence-corrected chi connectivity index (χ0v) is 13.4. The molecule has 5 heteroatoms. The normalized spacial score (nSPS) is 11.1. The van der Waals surface area contributed by atoms with Crippen LogP contribution in [0.25, 0.3) is 0 Å². The van der Waals surface area contributed by atoms with Gasteiger partial charge in [-0.1, -0.05) is 27.7 Å². The molecule has 0 aromatic heterocycles. The van der Waals surface area contributed by atoms with Gasteiger partial charge in [-0.05, 0) is 30.9 Å². The highest BCUT2D eigenvalue weighted by Gasteiger charge is 2.12. The smallest absolute Gasteiger partial charge is 0.270 e. The summed E-state index contributed by atoms with van der Waals surface area (Å²) >= 11 is 0. The van der Waals surface area contributed by atoms with E-state index in [4.69, 9.17) is 4.74 Å². The molecule has 0 aliphatic heterocycles. The summed E-state index contributed by atoms with van der Waals surface area (Å²) in [5.41, 5.74) is 0.946. The Kier molecular flexibility index (Phi) is 7.15. The summed E-state index contributed by atoms with van der Waals surface area (Å²) in [6.07, 6.45) is 0.968. The molecule has 0 aliphatic carbocycles. The summed E-state index contributed by atoms with van der Waals surface area (Å²) in [5.74, 6) is 1.84. The molecule has 118 valence electrons. The number of nitro benzene ring substituents is 1. The van der Waals surface area contributed by atoms with Crippen LogP contribution >= 0.6 is 0 Å². The van der Waals surface area contributed by atoms with Crippen LogP contribution in [0, 0.1) is 22.0 Å². The Hall–Kier alpha value is -1.62. The van der Waals surface area contributed by atoms with Crippen LogP contribution in [-0.2, 0) is 6.54 Å². The Morgan fingerprint density at radius 2 is 1.95 bits per heavy atom. The summed E-state index contributed by atoms with van der Waals surface area (Å²) in [7, 11) is 0. The number of hydrogen-bond acceptors (Lipinski definition) is 4. The van der Waals surface area contributed by atoms with E-state index < -0.39 is 0 Å². The molecule has 0 radical (unpaired) electrons. The Balaban J connectivity index is 2.76. The molecule has 0 amide bonds. The molecule has 1 rings (SSSR count). The van der Waals surface area contributed by atoms with Gasteiger partial charge in [0, 0.05) is 24.2 Å². The number of nitrogens with one attached hydrogen (secondary N) is 1. The van der Waals surface area contributed by atoms with Crippen LogP contribution < -0.4 is 10.1 Å². The quantitative estimate of drug-likeness (QED) is 0.556. The maximum atomic E-state index is 10.9. The third-order valence-electron chi connectivity index (χ3n) is 3.08. The van der Waals surface area contributed by atoms with Gasteiger partial charge in [-0.15, -0.1) is 0 Å². The summed E-state index contributed by atoms with van der Waals surface area (Å²) in [6.45, 7) is 10.6. The fourth-order valence-corrected chi connectivity index (χ4v) is 1.86. The van der Waals surface area contributed by atoms with Crippen molar-refractivity contribution >= 4 is 5.69 Å². The average molecular weight is 294 g/mol. The molecule has 0 unspecified atom stereocenters. The van der Waals surface area contributed by atoms with E-state index in [2.05, 4.69) is 33.0 Å². The van der Waals surface area contributed by atoms with E-state index in [0.717, 1.165) is 24.3 Å². The van der Waals surface area contributed by atoms with Crippen LogP contribution in [-0.4, -0.2) is 18.1 Å². The molecule has 0 heterocycles. The lowest BCUT2D eigenvalue weighted by molar-refractivity contribution is -0.384. The van der Waals surface area contributed by atoms with Crippen molar-refractivity contribution in [1.29, 1.82) is 0 Å². The molecule has 1 aromatic carbocycles. The van der Waals surface area contributed by atoms with Crippen LogP contribution in [0.4, 0.5) is 5.69 Å². The monoisotopic (exact) mass is 294 g/mol. The van der Waals surface area contributed by atoms with E-state index in [0.29, 0.717) is 25.0 Å². The number of benzene rings is 1. The second-order valence-corrected chi connectivity index (χ2v) is 6.10. The average Bonchev–Trinajstić information content (AvgIpc) is 2.39. The van der Waals surface area contributed by atoms with Gasteiger partial charge in [0.1, 0.15) is 5.75 Å². The fraction of sp³-hybridized carbons (Fsp3) is 0.625. The van der Waals surface area contributed by atoms with Gasteiger partial charge in [-0.2, -0.15) is 0 Å². The summed E-state index contributed by atoms with van der Waals surface area (Å²) < 4.78 is 5.78. The van der Waals surface area contributed by atoms with E-state index in [1.54, 1.807) is 12.1 Å². The molecule has 0 saturated carbocycles. The first-order valence-corrected chi connectivity index (χ1v) is 7.51. The molecule has 0 atom stereocenters. The topological polar surface area (TPSA) is 64.4 Å². The van der Waals surface area contributed by atoms with Gasteiger partial charge in [-0.3, -0.25) is 10.1 Å². The van der Waals surface area contributed by atoms with Crippen molar-refractivity contribution in [2.24, 2.45) is 11.8 Å². The molecule has 0 saturated heterocycles. The maximum absolute atomic E-state index is 10.9. The van der Waals surface area contributed by atoms with Crippen LogP contribution in [0.15, 0.2) is 18.2 Å². The van der Waals surface area contributed by atoms with Gasteiger partial charge in [-0.25, -0.2) is 0 Å². The highest BCUT2D eigenvalue weighted by molar-refractivity contribution is 5.43. The fourth-order valence-electron chi connectivity index (χ4n) is 1.86. The second-order valence-electron chi connectivity index (χ2n) is 6.10. The predicted octanol–water partition coefficient (Wildman–Crippen LogP) is 3.77. The number of ether oxygens (including phenoxy) is 1. The Bertz CT molecular complexity index is 459. The van der Waals surface area contributed by atoms with Gasteiger partial charge in [0.2, 0.25) is 0 Å². The number of hydrogen-bond donors (Lipinski definition) is 1. The first-order chi connectivity index (χ1) is 9.90. The summed E-state index contributed by atoms with van der Waals surface area (Å²) in [4.78, 5) is 10.5. The molecule has 0 spiro atoms. The lowest BCUT2D eigenvalue weighted by Crippen LogP contribution is -2.19. The van der Waals surface area contributed by atoms with Crippen molar-refractivity contribution in [2.75, 3.05) is 13.2 Å². The van der Waals surface area contributed by atoms with E-state index in [1.165, 1.54) is 6.07 Å². The predicted molar refractivity (Wildman–Crippen MR) is 84.6 cm³/mol. The van der Waals surface area contributed by atoms with Crippen molar-refractivity contribution in [1.82, 2.24) is 5.32 Å². The Morgan fingerprint density at radius 1 is 1.24 bits per heavy atom. The van der Waals surface area contributed by atoms with Crippen molar-refractivity contribution < 1.29 is 9.66 Å². The molecule has 0 bridgehead atoms. The number of rotatable bonds is 9. The molecular weight excluding hydrogens is 268 g/mol. The molecule has 1 aromatic rings. The Morgan fingerprint density at radius 3 is 2.52 bits per heavy atom. The van der Waals surface area contributed by atoms with E-state index >= 15 is 0 Å². The van der Waals surface area contributed by atoms with E-state index in [-0.39, 0.29) is 10.6 Å². The lowest BCUT2D eigenvalue weighted by atomic mass is 10.1. The summed E-state index contributed by atoms with van der Waals surface area (Å²) in [6, 6.07) is 4.79. The molecule has 1 N–H and O–H groups in total. The van der Waals surface area contributed by atoms with Crippen LogP contribution in [0.1, 0.15) is 39.7 Å². The molecule has 21 heavy (non-hydrogen) atoms.